The van der Waals surface area contributed by atoms with Gasteiger partial charge >= 0.3 is 0 Å². The van der Waals surface area contributed by atoms with Crippen molar-refractivity contribution in [3.63, 3.8) is 0 Å². The number of halogens is 2. The summed E-state index contributed by atoms with van der Waals surface area (Å²) in [5, 5.41) is 2.79. The third kappa shape index (κ3) is 3.67. The number of aromatic amines is 1. The van der Waals surface area contributed by atoms with Crippen LogP contribution in [0.4, 0.5) is 5.69 Å². The lowest BCUT2D eigenvalue weighted by atomic mass is 9.85. The molecule has 1 aliphatic rings. The normalized spacial score (nSPS) is 15.5. The molecule has 0 saturated heterocycles. The lowest BCUT2D eigenvalue weighted by Gasteiger charge is -2.22. The van der Waals surface area contributed by atoms with Gasteiger partial charge in [0.15, 0.2) is 0 Å². The second kappa shape index (κ2) is 7.11. The number of rotatable bonds is 3. The average molecular weight is 331 g/mol. The van der Waals surface area contributed by atoms with E-state index in [-0.39, 0.29) is 30.7 Å². The van der Waals surface area contributed by atoms with Gasteiger partial charge in [0, 0.05) is 11.6 Å². The predicted molar refractivity (Wildman–Crippen MR) is 89.5 cm³/mol. The summed E-state index contributed by atoms with van der Waals surface area (Å²) in [6, 6.07) is 5.17. The first-order valence-corrected chi connectivity index (χ1v) is 6.69. The molecule has 0 aliphatic heterocycles. The van der Waals surface area contributed by atoms with Gasteiger partial charge in [0.25, 0.3) is 0 Å². The molecule has 1 aromatic carbocycles. The number of anilines is 1. The molecule has 0 spiro atoms. The van der Waals surface area contributed by atoms with Crippen LogP contribution in [0.15, 0.2) is 18.2 Å². The Morgan fingerprint density at radius 3 is 2.71 bits per heavy atom. The fraction of sp³-hybridized carbons (Fsp3) is 0.429. The number of hydrogen-bond donors (Lipinski definition) is 3. The summed E-state index contributed by atoms with van der Waals surface area (Å²) in [4.78, 5) is 19.5. The van der Waals surface area contributed by atoms with Gasteiger partial charge < -0.3 is 16.0 Å². The molecule has 2 aromatic rings. The first kappa shape index (κ1) is 17.8. The standard InChI is InChI=1S/C14H18N4O.2ClH/c1-8(15)14(19)16-10-5-6-11-12(7-10)18-13(17-11)9-3-2-4-9;;/h5-9H,2-4,15H2,1H3,(H,16,19)(H,17,18);2*1H. The molecule has 0 radical (unpaired) electrons. The van der Waals surface area contributed by atoms with Crippen molar-refractivity contribution in [2.45, 2.75) is 38.1 Å². The third-order valence-electron chi connectivity index (χ3n) is 3.67. The van der Waals surface area contributed by atoms with Crippen LogP contribution in [0.3, 0.4) is 0 Å². The molecule has 1 heterocycles. The number of imidazole rings is 1. The molecule has 1 saturated carbocycles. The van der Waals surface area contributed by atoms with Gasteiger partial charge in [-0.1, -0.05) is 6.42 Å². The summed E-state index contributed by atoms with van der Waals surface area (Å²) in [5.41, 5.74) is 8.19. The van der Waals surface area contributed by atoms with Crippen LogP contribution >= 0.6 is 24.8 Å². The summed E-state index contributed by atoms with van der Waals surface area (Å²) in [7, 11) is 0. The monoisotopic (exact) mass is 330 g/mol. The Morgan fingerprint density at radius 2 is 2.14 bits per heavy atom. The Morgan fingerprint density at radius 1 is 1.43 bits per heavy atom. The van der Waals surface area contributed by atoms with Crippen molar-refractivity contribution in [3.8, 4) is 0 Å². The quantitative estimate of drug-likeness (QED) is 0.808. The van der Waals surface area contributed by atoms with E-state index in [0.717, 1.165) is 22.5 Å². The first-order chi connectivity index (χ1) is 9.13. The van der Waals surface area contributed by atoms with E-state index < -0.39 is 6.04 Å². The zero-order valence-corrected chi connectivity index (χ0v) is 13.4. The van der Waals surface area contributed by atoms with Crippen molar-refractivity contribution in [3.05, 3.63) is 24.0 Å². The molecule has 7 heteroatoms. The molecule has 116 valence electrons. The second-order valence-corrected chi connectivity index (χ2v) is 5.26. The van der Waals surface area contributed by atoms with E-state index in [1.54, 1.807) is 6.92 Å². The van der Waals surface area contributed by atoms with Crippen LogP contribution in [0, 0.1) is 0 Å². The summed E-state index contributed by atoms with van der Waals surface area (Å²) >= 11 is 0. The number of H-pyrrole nitrogens is 1. The Labute approximate surface area is 135 Å². The fourth-order valence-corrected chi connectivity index (χ4v) is 2.24. The molecule has 5 nitrogen and oxygen atoms in total. The van der Waals surface area contributed by atoms with Gasteiger partial charge in [0.2, 0.25) is 5.91 Å². The molecule has 3 rings (SSSR count). The summed E-state index contributed by atoms with van der Waals surface area (Å²) in [5.74, 6) is 1.46. The highest BCUT2D eigenvalue weighted by molar-refractivity contribution is 5.96. The first-order valence-electron chi connectivity index (χ1n) is 6.69. The molecule has 21 heavy (non-hydrogen) atoms. The van der Waals surface area contributed by atoms with Crippen LogP contribution < -0.4 is 11.1 Å². The summed E-state index contributed by atoms with van der Waals surface area (Å²) in [6.07, 6.45) is 3.72. The molecule has 1 unspecified atom stereocenters. The van der Waals surface area contributed by atoms with Crippen molar-refractivity contribution in [2.24, 2.45) is 5.73 Å². The number of benzene rings is 1. The van der Waals surface area contributed by atoms with Crippen molar-refractivity contribution in [2.75, 3.05) is 5.32 Å². The number of nitrogens with zero attached hydrogens (tertiary/aromatic N) is 1. The maximum atomic E-state index is 11.6. The molecule has 0 bridgehead atoms. The Kier molecular flexibility index (Phi) is 6.01. The smallest absolute Gasteiger partial charge is 0.240 e. The van der Waals surface area contributed by atoms with E-state index in [0.29, 0.717) is 5.92 Å². The molecule has 1 amide bonds. The lowest BCUT2D eigenvalue weighted by molar-refractivity contribution is -0.117. The minimum atomic E-state index is -0.511. The van der Waals surface area contributed by atoms with E-state index in [9.17, 15) is 4.79 Å². The van der Waals surface area contributed by atoms with Gasteiger partial charge in [-0.05, 0) is 38.0 Å². The zero-order chi connectivity index (χ0) is 13.4. The number of hydrogen-bond acceptors (Lipinski definition) is 3. The van der Waals surface area contributed by atoms with Crippen LogP contribution in [0.25, 0.3) is 11.0 Å². The van der Waals surface area contributed by atoms with Crippen LogP contribution in [0.2, 0.25) is 0 Å². The highest BCUT2D eigenvalue weighted by Gasteiger charge is 2.22. The molecule has 1 fully saturated rings. The van der Waals surface area contributed by atoms with Crippen LogP contribution in [-0.4, -0.2) is 21.9 Å². The Hall–Kier alpha value is -1.30. The number of carbonyl (C=O) groups is 1. The van der Waals surface area contributed by atoms with Gasteiger partial charge in [0.05, 0.1) is 17.1 Å². The average Bonchev–Trinajstić information content (AvgIpc) is 2.68. The third-order valence-corrected chi connectivity index (χ3v) is 3.67. The van der Waals surface area contributed by atoms with Gasteiger partial charge in [-0.2, -0.15) is 0 Å². The minimum Gasteiger partial charge on any atom is -0.342 e. The topological polar surface area (TPSA) is 83.8 Å². The number of nitrogens with two attached hydrogens (primary N) is 1. The molecule has 1 aromatic heterocycles. The molecule has 4 N–H and O–H groups in total. The van der Waals surface area contributed by atoms with Gasteiger partial charge in [0.1, 0.15) is 5.82 Å². The zero-order valence-electron chi connectivity index (χ0n) is 11.8. The van der Waals surface area contributed by atoms with Crippen LogP contribution in [0.5, 0.6) is 0 Å². The number of fused-ring (bicyclic) bond motifs is 1. The Balaban J connectivity index is 0.00000110. The van der Waals surface area contributed by atoms with E-state index in [1.165, 1.54) is 19.3 Å². The minimum absolute atomic E-state index is 0. The van der Waals surface area contributed by atoms with Crippen molar-refractivity contribution in [1.82, 2.24) is 9.97 Å². The van der Waals surface area contributed by atoms with E-state index in [4.69, 9.17) is 5.73 Å². The maximum absolute atomic E-state index is 11.6. The van der Waals surface area contributed by atoms with E-state index in [1.807, 2.05) is 18.2 Å². The predicted octanol–water partition coefficient (Wildman–Crippen LogP) is 2.96. The highest BCUT2D eigenvalue weighted by Crippen LogP contribution is 2.35. The number of carbonyl (C=O) groups excluding carboxylic acids is 1. The lowest BCUT2D eigenvalue weighted by Crippen LogP contribution is -2.32. The highest BCUT2D eigenvalue weighted by atomic mass is 35.5. The number of amides is 1. The van der Waals surface area contributed by atoms with Crippen molar-refractivity contribution >= 4 is 47.4 Å². The number of aromatic nitrogens is 2. The summed E-state index contributed by atoms with van der Waals surface area (Å²) in [6.45, 7) is 1.67. The van der Waals surface area contributed by atoms with Crippen LogP contribution in [0.1, 0.15) is 37.9 Å². The fourth-order valence-electron chi connectivity index (χ4n) is 2.24. The second-order valence-electron chi connectivity index (χ2n) is 5.26. The van der Waals surface area contributed by atoms with Crippen LogP contribution in [-0.2, 0) is 4.79 Å². The molecule has 1 atom stereocenters. The van der Waals surface area contributed by atoms with Gasteiger partial charge in [-0.25, -0.2) is 4.98 Å². The molecular formula is C14H20Cl2N4O. The molecular weight excluding hydrogens is 311 g/mol. The number of nitrogens with one attached hydrogen (secondary N) is 2. The largest absolute Gasteiger partial charge is 0.342 e. The SMILES string of the molecule is CC(N)C(=O)Nc1ccc2nc(C3CCC3)[nH]c2c1.Cl.Cl. The molecule has 1 aliphatic carbocycles. The van der Waals surface area contributed by atoms with Gasteiger partial charge in [-0.15, -0.1) is 24.8 Å². The van der Waals surface area contributed by atoms with E-state index in [2.05, 4.69) is 15.3 Å². The maximum Gasteiger partial charge on any atom is 0.240 e. The Bertz CT molecular complexity index is 622. The van der Waals surface area contributed by atoms with Crippen molar-refractivity contribution < 1.29 is 4.79 Å². The van der Waals surface area contributed by atoms with Crippen molar-refractivity contribution in [1.29, 1.82) is 0 Å². The summed E-state index contributed by atoms with van der Waals surface area (Å²) < 4.78 is 0. The van der Waals surface area contributed by atoms with E-state index >= 15 is 0 Å². The van der Waals surface area contributed by atoms with Gasteiger partial charge in [-0.3, -0.25) is 4.79 Å².